The average Bonchev–Trinajstić information content (AvgIpc) is 2.72. The Balaban J connectivity index is 1.39. The first-order valence-corrected chi connectivity index (χ1v) is 10.1. The van der Waals surface area contributed by atoms with Gasteiger partial charge in [-0.25, -0.2) is 5.43 Å². The summed E-state index contributed by atoms with van der Waals surface area (Å²) in [7, 11) is 0. The van der Waals surface area contributed by atoms with Gasteiger partial charge in [0.1, 0.15) is 6.61 Å². The Kier molecular flexibility index (Phi) is 5.42. The van der Waals surface area contributed by atoms with E-state index in [4.69, 9.17) is 9.47 Å². The van der Waals surface area contributed by atoms with Crippen molar-refractivity contribution in [2.45, 2.75) is 63.9 Å². The largest absolute Gasteiger partial charge is 0.485 e. The van der Waals surface area contributed by atoms with Crippen LogP contribution in [0.5, 0.6) is 11.5 Å². The number of para-hydroxylation sites is 2. The average molecular weight is 356 g/mol. The lowest BCUT2D eigenvalue weighted by atomic mass is 9.72. The van der Waals surface area contributed by atoms with Crippen molar-refractivity contribution in [1.29, 1.82) is 0 Å². The van der Waals surface area contributed by atoms with Crippen LogP contribution in [0.2, 0.25) is 0 Å². The minimum atomic E-state index is -0.647. The number of hydrazone groups is 1. The van der Waals surface area contributed by atoms with E-state index in [9.17, 15) is 4.79 Å². The van der Waals surface area contributed by atoms with Gasteiger partial charge in [0.15, 0.2) is 11.5 Å². The first-order chi connectivity index (χ1) is 12.8. The second-order valence-electron chi connectivity index (χ2n) is 7.69. The summed E-state index contributed by atoms with van der Waals surface area (Å²) >= 11 is 0. The summed E-state index contributed by atoms with van der Waals surface area (Å²) in [4.78, 5) is 12.5. The second kappa shape index (κ2) is 8.11. The van der Waals surface area contributed by atoms with Crippen LogP contribution >= 0.6 is 0 Å². The smallest absolute Gasteiger partial charge is 0.284 e. The van der Waals surface area contributed by atoms with E-state index in [1.807, 2.05) is 24.3 Å². The molecule has 0 saturated heterocycles. The summed E-state index contributed by atoms with van der Waals surface area (Å²) in [6.45, 7) is 0.222. The Bertz CT molecular complexity index is 667. The van der Waals surface area contributed by atoms with E-state index in [1.165, 1.54) is 57.1 Å². The van der Waals surface area contributed by atoms with Crippen LogP contribution in [0.15, 0.2) is 29.4 Å². The van der Waals surface area contributed by atoms with Gasteiger partial charge in [-0.05, 0) is 50.2 Å². The summed E-state index contributed by atoms with van der Waals surface area (Å²) in [6.07, 6.45) is 10.7. The number of fused-ring (bicyclic) bond motifs is 1. The fourth-order valence-electron chi connectivity index (χ4n) is 4.55. The molecule has 26 heavy (non-hydrogen) atoms. The molecule has 0 radical (unpaired) electrons. The number of carbonyl (C=O) groups is 1. The predicted octanol–water partition coefficient (Wildman–Crippen LogP) is 4.07. The maximum atomic E-state index is 12.5. The Labute approximate surface area is 155 Å². The van der Waals surface area contributed by atoms with Gasteiger partial charge in [0.25, 0.3) is 5.91 Å². The number of ether oxygens (including phenoxy) is 2. The number of rotatable bonds is 3. The molecular formula is C21H28N2O3. The molecule has 2 aliphatic carbocycles. The minimum absolute atomic E-state index is 0.222. The molecule has 3 aliphatic rings. The lowest BCUT2D eigenvalue weighted by Gasteiger charge is -2.34. The maximum Gasteiger partial charge on any atom is 0.284 e. The maximum absolute atomic E-state index is 12.5. The molecule has 5 nitrogen and oxygen atoms in total. The van der Waals surface area contributed by atoms with Crippen LogP contribution in [0.1, 0.15) is 57.8 Å². The van der Waals surface area contributed by atoms with Gasteiger partial charge in [0.05, 0.1) is 0 Å². The van der Waals surface area contributed by atoms with Gasteiger partial charge >= 0.3 is 0 Å². The third-order valence-electron chi connectivity index (χ3n) is 5.96. The first-order valence-electron chi connectivity index (χ1n) is 10.1. The highest BCUT2D eigenvalue weighted by molar-refractivity contribution is 5.90. The zero-order chi connectivity index (χ0) is 17.8. The Hall–Kier alpha value is -2.04. The zero-order valence-corrected chi connectivity index (χ0v) is 15.3. The normalized spacial score (nSPS) is 27.9. The van der Waals surface area contributed by atoms with Crippen molar-refractivity contribution < 1.29 is 14.3 Å². The van der Waals surface area contributed by atoms with E-state index in [-0.39, 0.29) is 12.5 Å². The molecule has 2 fully saturated rings. The highest BCUT2D eigenvalue weighted by Gasteiger charge is 2.31. The molecule has 2 atom stereocenters. The molecule has 1 aromatic carbocycles. The van der Waals surface area contributed by atoms with E-state index in [0.29, 0.717) is 17.4 Å². The molecule has 1 amide bonds. The molecule has 4 rings (SSSR count). The quantitative estimate of drug-likeness (QED) is 0.831. The highest BCUT2D eigenvalue weighted by Crippen LogP contribution is 2.37. The molecule has 0 bridgehead atoms. The molecule has 0 unspecified atom stereocenters. The standard InChI is InChI=1S/C21H28N2O3/c24-21(20-14-25-18-12-6-7-13-19(18)26-20)23-22-17-11-5-4-10-16(17)15-8-2-1-3-9-15/h6-7,12-13,15-16,20H,1-5,8-11,14H2,(H,23,24)/b22-17-/t16-,20+/m1/s1. The molecule has 1 heterocycles. The SMILES string of the molecule is O=C(N/N=C1/CCCC[C@@H]1C1CCCCC1)[C@@H]1COc2ccccc2O1. The van der Waals surface area contributed by atoms with E-state index in [2.05, 4.69) is 10.5 Å². The number of benzene rings is 1. The van der Waals surface area contributed by atoms with Crippen LogP contribution in [-0.2, 0) is 4.79 Å². The van der Waals surface area contributed by atoms with E-state index in [1.54, 1.807) is 0 Å². The Morgan fingerprint density at radius 3 is 2.62 bits per heavy atom. The van der Waals surface area contributed by atoms with Crippen LogP contribution in [0.4, 0.5) is 0 Å². The topological polar surface area (TPSA) is 59.9 Å². The summed E-state index contributed by atoms with van der Waals surface area (Å²) in [5.41, 5.74) is 3.95. The van der Waals surface area contributed by atoms with Crippen LogP contribution in [0.25, 0.3) is 0 Å². The molecule has 0 spiro atoms. The number of carbonyl (C=O) groups excluding carboxylic acids is 1. The van der Waals surface area contributed by atoms with E-state index in [0.717, 1.165) is 12.3 Å². The molecular weight excluding hydrogens is 328 g/mol. The predicted molar refractivity (Wildman–Crippen MR) is 100 cm³/mol. The molecule has 1 N–H and O–H groups in total. The fourth-order valence-corrected chi connectivity index (χ4v) is 4.55. The van der Waals surface area contributed by atoms with Crippen molar-refractivity contribution in [1.82, 2.24) is 5.43 Å². The summed E-state index contributed by atoms with van der Waals surface area (Å²) < 4.78 is 11.4. The number of amides is 1. The van der Waals surface area contributed by atoms with Crippen molar-refractivity contribution in [3.63, 3.8) is 0 Å². The van der Waals surface area contributed by atoms with Gasteiger partial charge in [-0.15, -0.1) is 0 Å². The van der Waals surface area contributed by atoms with Crippen molar-refractivity contribution in [2.24, 2.45) is 16.9 Å². The minimum Gasteiger partial charge on any atom is -0.485 e. The van der Waals surface area contributed by atoms with Crippen LogP contribution < -0.4 is 14.9 Å². The van der Waals surface area contributed by atoms with E-state index < -0.39 is 6.10 Å². The molecule has 1 aromatic rings. The van der Waals surface area contributed by atoms with Gasteiger partial charge in [0, 0.05) is 11.6 Å². The number of hydrogen-bond acceptors (Lipinski definition) is 4. The van der Waals surface area contributed by atoms with Crippen LogP contribution in [0, 0.1) is 11.8 Å². The van der Waals surface area contributed by atoms with Gasteiger partial charge in [-0.3, -0.25) is 4.79 Å². The van der Waals surface area contributed by atoms with Gasteiger partial charge < -0.3 is 9.47 Å². The van der Waals surface area contributed by atoms with Gasteiger partial charge in [0.2, 0.25) is 6.10 Å². The summed E-state index contributed by atoms with van der Waals surface area (Å²) in [5, 5.41) is 4.55. The zero-order valence-electron chi connectivity index (χ0n) is 15.3. The third kappa shape index (κ3) is 3.87. The number of nitrogens with zero attached hydrogens (tertiary/aromatic N) is 1. The second-order valence-corrected chi connectivity index (χ2v) is 7.69. The Morgan fingerprint density at radius 2 is 1.77 bits per heavy atom. The summed E-state index contributed by atoms with van der Waals surface area (Å²) in [5.74, 6) is 2.38. The van der Waals surface area contributed by atoms with Gasteiger partial charge in [-0.2, -0.15) is 5.10 Å². The van der Waals surface area contributed by atoms with Gasteiger partial charge in [-0.1, -0.05) is 37.8 Å². The monoisotopic (exact) mass is 356 g/mol. The lowest BCUT2D eigenvalue weighted by molar-refractivity contribution is -0.130. The molecule has 140 valence electrons. The lowest BCUT2D eigenvalue weighted by Crippen LogP contribution is -2.43. The molecule has 1 aliphatic heterocycles. The summed E-state index contributed by atoms with van der Waals surface area (Å²) in [6, 6.07) is 7.43. The molecule has 0 aromatic heterocycles. The highest BCUT2D eigenvalue weighted by atomic mass is 16.6. The fraction of sp³-hybridized carbons (Fsp3) is 0.619. The molecule has 5 heteroatoms. The van der Waals surface area contributed by atoms with E-state index >= 15 is 0 Å². The first kappa shape index (κ1) is 17.4. The van der Waals surface area contributed by atoms with Crippen LogP contribution in [0.3, 0.4) is 0 Å². The van der Waals surface area contributed by atoms with Crippen molar-refractivity contribution in [2.75, 3.05) is 6.61 Å². The van der Waals surface area contributed by atoms with Crippen molar-refractivity contribution >= 4 is 11.6 Å². The van der Waals surface area contributed by atoms with Crippen LogP contribution in [-0.4, -0.2) is 24.3 Å². The molecule has 2 saturated carbocycles. The number of hydrogen-bond donors (Lipinski definition) is 1. The van der Waals surface area contributed by atoms with Crippen molar-refractivity contribution in [3.8, 4) is 11.5 Å². The van der Waals surface area contributed by atoms with Crippen molar-refractivity contribution in [3.05, 3.63) is 24.3 Å². The Morgan fingerprint density at radius 1 is 1.00 bits per heavy atom. The third-order valence-corrected chi connectivity index (χ3v) is 5.96. The number of nitrogens with one attached hydrogen (secondary N) is 1.